The van der Waals surface area contributed by atoms with Gasteiger partial charge in [0, 0.05) is 30.7 Å². The molecule has 4 heteroatoms. The average molecular weight is 505 g/mol. The maximum absolute atomic E-state index is 11.9. The predicted molar refractivity (Wildman–Crippen MR) is 148 cm³/mol. The van der Waals surface area contributed by atoms with E-state index < -0.39 is 0 Å². The fourth-order valence-corrected chi connectivity index (χ4v) is 11.3. The van der Waals surface area contributed by atoms with Crippen LogP contribution in [0, 0.1) is 45.3 Å². The number of carbonyl (C=O) groups is 1. The van der Waals surface area contributed by atoms with Crippen molar-refractivity contribution in [1.29, 1.82) is 0 Å². The van der Waals surface area contributed by atoms with Crippen LogP contribution < -0.4 is 0 Å². The van der Waals surface area contributed by atoms with Crippen molar-refractivity contribution in [3.63, 3.8) is 0 Å². The van der Waals surface area contributed by atoms with Crippen molar-refractivity contribution in [3.05, 3.63) is 29.4 Å². The van der Waals surface area contributed by atoms with E-state index in [2.05, 4.69) is 48.5 Å². The van der Waals surface area contributed by atoms with Crippen molar-refractivity contribution in [1.82, 2.24) is 9.97 Å². The Morgan fingerprint density at radius 3 is 2.35 bits per heavy atom. The first-order chi connectivity index (χ1) is 17.4. The van der Waals surface area contributed by atoms with Gasteiger partial charge in [-0.05, 0) is 96.9 Å². The van der Waals surface area contributed by atoms with Gasteiger partial charge in [-0.25, -0.2) is 0 Å². The van der Waals surface area contributed by atoms with E-state index in [1.807, 2.05) is 12.4 Å². The van der Waals surface area contributed by atoms with Crippen molar-refractivity contribution in [2.45, 2.75) is 119 Å². The minimum absolute atomic E-state index is 0.0210. The van der Waals surface area contributed by atoms with Gasteiger partial charge in [-0.2, -0.15) is 0 Å². The lowest BCUT2D eigenvalue weighted by atomic mass is 9.34. The van der Waals surface area contributed by atoms with Gasteiger partial charge in [-0.3, -0.25) is 14.8 Å². The summed E-state index contributed by atoms with van der Waals surface area (Å²) in [6.45, 7) is 19.1. The monoisotopic (exact) mass is 504 g/mol. The topological polar surface area (TPSA) is 52.1 Å². The Kier molecular flexibility index (Phi) is 5.63. The van der Waals surface area contributed by atoms with E-state index in [-0.39, 0.29) is 17.5 Å². The fourth-order valence-electron chi connectivity index (χ4n) is 11.3. The van der Waals surface area contributed by atoms with Gasteiger partial charge < -0.3 is 4.74 Å². The SMILES string of the molecule is CC(=O)OC1CC[C@]2(C)[C@H]3CC[C@H]4C5=C(CC[C@@]4(C)[C@]3(C)CC[C@H]2C1(C)C)c1nccnc1[C@H]5C(C)C. The fraction of sp³-hybridized carbons (Fsp3) is 0.788. The van der Waals surface area contributed by atoms with E-state index in [0.29, 0.717) is 39.9 Å². The Balaban J connectivity index is 1.38. The largest absolute Gasteiger partial charge is 0.462 e. The Bertz CT molecular complexity index is 1150. The van der Waals surface area contributed by atoms with Crippen LogP contribution in [-0.4, -0.2) is 22.0 Å². The highest BCUT2D eigenvalue weighted by Crippen LogP contribution is 2.76. The molecule has 202 valence electrons. The molecule has 6 rings (SSSR count). The van der Waals surface area contributed by atoms with E-state index in [0.717, 1.165) is 18.8 Å². The summed E-state index contributed by atoms with van der Waals surface area (Å²) < 4.78 is 5.92. The number of carbonyl (C=O) groups excluding carboxylic acids is 1. The summed E-state index contributed by atoms with van der Waals surface area (Å²) in [7, 11) is 0. The molecule has 0 aliphatic heterocycles. The van der Waals surface area contributed by atoms with E-state index >= 15 is 0 Å². The molecule has 0 radical (unpaired) electrons. The van der Waals surface area contributed by atoms with E-state index in [9.17, 15) is 4.79 Å². The number of nitrogens with zero attached hydrogens (tertiary/aromatic N) is 2. The Morgan fingerprint density at radius 2 is 1.65 bits per heavy atom. The highest BCUT2D eigenvalue weighted by atomic mass is 16.5. The third-order valence-corrected chi connectivity index (χ3v) is 13.0. The van der Waals surface area contributed by atoms with Gasteiger partial charge in [0.1, 0.15) is 6.10 Å². The maximum Gasteiger partial charge on any atom is 0.302 e. The molecule has 0 aromatic carbocycles. The average Bonchev–Trinajstić information content (AvgIpc) is 3.16. The Hall–Kier alpha value is -1.71. The minimum Gasteiger partial charge on any atom is -0.462 e. The van der Waals surface area contributed by atoms with Gasteiger partial charge in [-0.15, -0.1) is 0 Å². The maximum atomic E-state index is 11.9. The van der Waals surface area contributed by atoms with Crippen molar-refractivity contribution in [3.8, 4) is 0 Å². The zero-order valence-corrected chi connectivity index (χ0v) is 24.5. The van der Waals surface area contributed by atoms with Crippen LogP contribution in [0.25, 0.3) is 5.57 Å². The number of allylic oxidation sites excluding steroid dienone is 2. The summed E-state index contributed by atoms with van der Waals surface area (Å²) in [5.74, 6) is 2.80. The van der Waals surface area contributed by atoms with Crippen LogP contribution in [-0.2, 0) is 9.53 Å². The number of esters is 1. The highest BCUT2D eigenvalue weighted by Gasteiger charge is 2.68. The number of aromatic nitrogens is 2. The van der Waals surface area contributed by atoms with Crippen LogP contribution in [0.2, 0.25) is 0 Å². The van der Waals surface area contributed by atoms with Gasteiger partial charge in [0.25, 0.3) is 0 Å². The molecule has 0 spiro atoms. The van der Waals surface area contributed by atoms with Gasteiger partial charge >= 0.3 is 5.97 Å². The zero-order chi connectivity index (χ0) is 26.5. The van der Waals surface area contributed by atoms with Crippen LogP contribution in [0.4, 0.5) is 0 Å². The molecule has 1 heterocycles. The molecule has 5 aliphatic carbocycles. The molecule has 37 heavy (non-hydrogen) atoms. The summed E-state index contributed by atoms with van der Waals surface area (Å²) in [6.07, 6.45) is 13.6. The molecule has 3 saturated carbocycles. The highest BCUT2D eigenvalue weighted by molar-refractivity contribution is 5.76. The molecule has 1 aromatic heterocycles. The Morgan fingerprint density at radius 1 is 0.919 bits per heavy atom. The zero-order valence-electron chi connectivity index (χ0n) is 24.5. The van der Waals surface area contributed by atoms with Crippen molar-refractivity contribution >= 4 is 11.5 Å². The quantitative estimate of drug-likeness (QED) is 0.383. The lowest BCUT2D eigenvalue weighted by Gasteiger charge is -2.71. The molecule has 0 N–H and O–H groups in total. The molecule has 0 bridgehead atoms. The molecular weight excluding hydrogens is 456 g/mol. The van der Waals surface area contributed by atoms with Gasteiger partial charge in [0.05, 0.1) is 11.4 Å². The first kappa shape index (κ1) is 25.6. The molecule has 1 aromatic rings. The Labute approximate surface area is 224 Å². The number of ether oxygens (including phenoxy) is 1. The number of hydrogen-bond acceptors (Lipinski definition) is 4. The summed E-state index contributed by atoms with van der Waals surface area (Å²) in [4.78, 5) is 21.7. The summed E-state index contributed by atoms with van der Waals surface area (Å²) in [5, 5.41) is 0. The van der Waals surface area contributed by atoms with Crippen molar-refractivity contribution < 1.29 is 9.53 Å². The van der Waals surface area contributed by atoms with Gasteiger partial charge in [-0.1, -0.05) is 54.0 Å². The second-order valence-corrected chi connectivity index (χ2v) is 15.0. The van der Waals surface area contributed by atoms with Crippen LogP contribution in [0.15, 0.2) is 18.0 Å². The van der Waals surface area contributed by atoms with E-state index in [1.54, 1.807) is 18.1 Å². The summed E-state index contributed by atoms with van der Waals surface area (Å²) >= 11 is 0. The first-order valence-electron chi connectivity index (χ1n) is 15.1. The van der Waals surface area contributed by atoms with Crippen LogP contribution in [0.5, 0.6) is 0 Å². The second-order valence-electron chi connectivity index (χ2n) is 15.0. The van der Waals surface area contributed by atoms with Gasteiger partial charge in [0.2, 0.25) is 0 Å². The lowest BCUT2D eigenvalue weighted by Crippen LogP contribution is -2.65. The third-order valence-electron chi connectivity index (χ3n) is 13.0. The number of hydrogen-bond donors (Lipinski definition) is 0. The standard InChI is InChI=1S/C33H48N2O2/c1-19(2)26-27-21(28-29(26)35-18-17-34-28)11-15-32(7)22(27)9-10-24-31(6)14-13-25(37-20(3)36)30(4,5)23(31)12-16-33(24,32)8/h17-19,22-26H,9-16H2,1-8H3/t22-,23-,24+,25?,26-,31-,32+,33+/m0/s1. The minimum atomic E-state index is -0.122. The van der Waals surface area contributed by atoms with E-state index in [4.69, 9.17) is 14.7 Å². The van der Waals surface area contributed by atoms with E-state index in [1.165, 1.54) is 49.9 Å². The molecule has 4 nitrogen and oxygen atoms in total. The van der Waals surface area contributed by atoms with Crippen LogP contribution >= 0.6 is 0 Å². The molecular formula is C33H48N2O2. The molecule has 3 fully saturated rings. The molecule has 0 amide bonds. The summed E-state index contributed by atoms with van der Waals surface area (Å²) in [6, 6.07) is 0. The van der Waals surface area contributed by atoms with Crippen molar-refractivity contribution in [2.75, 3.05) is 0 Å². The third kappa shape index (κ3) is 3.22. The molecule has 1 unspecified atom stereocenters. The predicted octanol–water partition coefficient (Wildman–Crippen LogP) is 7.98. The van der Waals surface area contributed by atoms with Crippen molar-refractivity contribution in [2.24, 2.45) is 45.3 Å². The number of rotatable bonds is 2. The van der Waals surface area contributed by atoms with Crippen LogP contribution in [0.1, 0.15) is 124 Å². The lowest BCUT2D eigenvalue weighted by molar-refractivity contribution is -0.228. The van der Waals surface area contributed by atoms with Crippen LogP contribution in [0.3, 0.4) is 0 Å². The normalized spacial score (nSPS) is 43.9. The molecule has 5 aliphatic rings. The molecule has 8 atom stereocenters. The number of fused-ring (bicyclic) bond motifs is 8. The second kappa shape index (κ2) is 8.15. The summed E-state index contributed by atoms with van der Waals surface area (Å²) in [5.41, 5.74) is 6.68. The molecule has 0 saturated heterocycles. The first-order valence-corrected chi connectivity index (χ1v) is 15.1. The smallest absolute Gasteiger partial charge is 0.302 e. The van der Waals surface area contributed by atoms with Gasteiger partial charge in [0.15, 0.2) is 0 Å².